The Morgan fingerprint density at radius 2 is 1.83 bits per heavy atom. The van der Waals surface area contributed by atoms with E-state index in [2.05, 4.69) is 10.3 Å². The first-order chi connectivity index (χ1) is 10.9. The molecule has 2 atom stereocenters. The van der Waals surface area contributed by atoms with Gasteiger partial charge in [-0.25, -0.2) is 0 Å². The minimum Gasteiger partial charge on any atom is -0.396 e. The van der Waals surface area contributed by atoms with E-state index in [1.54, 1.807) is 30.6 Å². The fraction of sp³-hybridized carbons (Fsp3) is 0.353. The van der Waals surface area contributed by atoms with Gasteiger partial charge in [-0.15, -0.1) is 0 Å². The lowest BCUT2D eigenvalue weighted by Gasteiger charge is -2.24. The van der Waals surface area contributed by atoms with E-state index < -0.39 is 17.8 Å². The quantitative estimate of drug-likeness (QED) is 0.854. The number of nitrogens with zero attached hydrogens (tertiary/aromatic N) is 1. The van der Waals surface area contributed by atoms with Crippen LogP contribution in [0, 0.1) is 0 Å². The number of aromatic nitrogens is 1. The molecule has 0 aliphatic rings. The number of hydrogen-bond donors (Lipinski definition) is 2. The average Bonchev–Trinajstić information content (AvgIpc) is 2.53. The maximum absolute atomic E-state index is 13.0. The molecule has 1 aromatic carbocycles. The largest absolute Gasteiger partial charge is 0.416 e. The molecule has 0 radical (unpaired) electrons. The summed E-state index contributed by atoms with van der Waals surface area (Å²) in [5.74, 6) is 0. The number of pyridine rings is 1. The fourth-order valence-corrected chi connectivity index (χ4v) is 2.40. The lowest BCUT2D eigenvalue weighted by molar-refractivity contribution is -0.137. The van der Waals surface area contributed by atoms with E-state index in [1.807, 2.05) is 6.92 Å². The highest BCUT2D eigenvalue weighted by Gasteiger charge is 2.31. The van der Waals surface area contributed by atoms with Gasteiger partial charge in [0.15, 0.2) is 0 Å². The van der Waals surface area contributed by atoms with Crippen LogP contribution in [-0.4, -0.2) is 22.7 Å². The van der Waals surface area contributed by atoms with Crippen molar-refractivity contribution in [2.45, 2.75) is 31.6 Å². The van der Waals surface area contributed by atoms with E-state index >= 15 is 0 Å². The molecule has 0 saturated heterocycles. The molecule has 0 fully saturated rings. The molecule has 0 aliphatic heterocycles. The van der Waals surface area contributed by atoms with E-state index in [-0.39, 0.29) is 12.6 Å². The van der Waals surface area contributed by atoms with Crippen LogP contribution in [0.15, 0.2) is 48.8 Å². The zero-order valence-corrected chi connectivity index (χ0v) is 12.7. The van der Waals surface area contributed by atoms with Gasteiger partial charge in [-0.2, -0.15) is 13.2 Å². The smallest absolute Gasteiger partial charge is 0.396 e. The second-order valence-electron chi connectivity index (χ2n) is 5.42. The highest BCUT2D eigenvalue weighted by molar-refractivity contribution is 5.34. The van der Waals surface area contributed by atoms with Crippen LogP contribution < -0.4 is 5.32 Å². The van der Waals surface area contributed by atoms with Crippen molar-refractivity contribution in [2.24, 2.45) is 0 Å². The summed E-state index contributed by atoms with van der Waals surface area (Å²) in [6, 6.07) is 8.37. The van der Waals surface area contributed by atoms with Crippen LogP contribution in [-0.2, 0) is 6.18 Å². The zero-order valence-electron chi connectivity index (χ0n) is 12.7. The van der Waals surface area contributed by atoms with E-state index in [0.717, 1.165) is 17.7 Å². The molecule has 0 bridgehead atoms. The Hall–Kier alpha value is -1.92. The molecule has 2 unspecified atom stereocenters. The Morgan fingerprint density at radius 1 is 1.13 bits per heavy atom. The predicted octanol–water partition coefficient (Wildman–Crippen LogP) is 3.55. The highest BCUT2D eigenvalue weighted by Crippen LogP contribution is 2.32. The fourth-order valence-electron chi connectivity index (χ4n) is 2.40. The highest BCUT2D eigenvalue weighted by atomic mass is 19.4. The first-order valence-corrected chi connectivity index (χ1v) is 7.36. The first kappa shape index (κ1) is 17.4. The molecule has 0 spiro atoms. The van der Waals surface area contributed by atoms with Crippen LogP contribution in [0.5, 0.6) is 0 Å². The number of halogens is 3. The van der Waals surface area contributed by atoms with Gasteiger partial charge in [-0.1, -0.05) is 12.1 Å². The summed E-state index contributed by atoms with van der Waals surface area (Å²) >= 11 is 0. The van der Waals surface area contributed by atoms with Crippen molar-refractivity contribution in [2.75, 3.05) is 6.61 Å². The van der Waals surface area contributed by atoms with E-state index in [4.69, 9.17) is 5.11 Å². The molecule has 1 heterocycles. The normalized spacial score (nSPS) is 14.5. The van der Waals surface area contributed by atoms with Gasteiger partial charge in [-0.05, 0) is 48.7 Å². The minimum atomic E-state index is -4.38. The standard InChI is InChI=1S/C17H19F3N2O/c1-12(7-10-23)22-16(13-5-8-21-9-6-13)14-3-2-4-15(11-14)17(18,19)20/h2-6,8-9,11-12,16,22-23H,7,10H2,1H3. The Morgan fingerprint density at radius 3 is 2.43 bits per heavy atom. The summed E-state index contributed by atoms with van der Waals surface area (Å²) in [4.78, 5) is 3.95. The molecular weight excluding hydrogens is 305 g/mol. The van der Waals surface area contributed by atoms with Crippen LogP contribution in [0.4, 0.5) is 13.2 Å². The summed E-state index contributed by atoms with van der Waals surface area (Å²) in [5.41, 5.74) is 0.672. The molecule has 124 valence electrons. The maximum Gasteiger partial charge on any atom is 0.416 e. The maximum atomic E-state index is 13.0. The van der Waals surface area contributed by atoms with Crippen LogP contribution in [0.1, 0.15) is 36.1 Å². The summed E-state index contributed by atoms with van der Waals surface area (Å²) in [5, 5.41) is 12.3. The molecule has 2 N–H and O–H groups in total. The molecule has 2 aromatic rings. The van der Waals surface area contributed by atoms with Crippen molar-refractivity contribution in [1.82, 2.24) is 10.3 Å². The van der Waals surface area contributed by atoms with Gasteiger partial charge in [0.25, 0.3) is 0 Å². The number of rotatable bonds is 6. The summed E-state index contributed by atoms with van der Waals surface area (Å²) in [6.07, 6.45) is -0.654. The molecule has 3 nitrogen and oxygen atoms in total. The van der Waals surface area contributed by atoms with E-state index in [9.17, 15) is 13.2 Å². The van der Waals surface area contributed by atoms with Gasteiger partial charge in [0.2, 0.25) is 0 Å². The lowest BCUT2D eigenvalue weighted by atomic mass is 9.96. The molecule has 2 rings (SSSR count). The number of aliphatic hydroxyl groups excluding tert-OH is 1. The zero-order chi connectivity index (χ0) is 16.9. The molecule has 0 saturated carbocycles. The van der Waals surface area contributed by atoms with Gasteiger partial charge in [0.05, 0.1) is 11.6 Å². The monoisotopic (exact) mass is 324 g/mol. The van der Waals surface area contributed by atoms with Crippen molar-refractivity contribution in [3.63, 3.8) is 0 Å². The van der Waals surface area contributed by atoms with Gasteiger partial charge < -0.3 is 10.4 Å². The van der Waals surface area contributed by atoms with Crippen molar-refractivity contribution < 1.29 is 18.3 Å². The summed E-state index contributed by atoms with van der Waals surface area (Å²) in [7, 11) is 0. The lowest BCUT2D eigenvalue weighted by Crippen LogP contribution is -2.32. The van der Waals surface area contributed by atoms with Gasteiger partial charge >= 0.3 is 6.18 Å². The van der Waals surface area contributed by atoms with E-state index in [0.29, 0.717) is 12.0 Å². The van der Waals surface area contributed by atoms with Crippen LogP contribution in [0.3, 0.4) is 0 Å². The third kappa shape index (κ3) is 4.77. The Balaban J connectivity index is 2.37. The third-order valence-corrected chi connectivity index (χ3v) is 3.60. The van der Waals surface area contributed by atoms with Gasteiger partial charge in [0, 0.05) is 25.0 Å². The van der Waals surface area contributed by atoms with Crippen molar-refractivity contribution in [3.8, 4) is 0 Å². The molecule has 0 amide bonds. The minimum absolute atomic E-state index is 0.0137. The van der Waals surface area contributed by atoms with Crippen LogP contribution >= 0.6 is 0 Å². The molecule has 23 heavy (non-hydrogen) atoms. The van der Waals surface area contributed by atoms with Gasteiger partial charge in [-0.3, -0.25) is 4.98 Å². The number of alkyl halides is 3. The number of aliphatic hydroxyl groups is 1. The Kier molecular flexibility index (Phi) is 5.74. The Bertz CT molecular complexity index is 617. The molecule has 6 heteroatoms. The van der Waals surface area contributed by atoms with Gasteiger partial charge in [0.1, 0.15) is 0 Å². The average molecular weight is 324 g/mol. The second kappa shape index (κ2) is 7.57. The Labute approximate surface area is 133 Å². The topological polar surface area (TPSA) is 45.1 Å². The third-order valence-electron chi connectivity index (χ3n) is 3.60. The molecule has 1 aromatic heterocycles. The molecular formula is C17H19F3N2O. The summed E-state index contributed by atoms with van der Waals surface area (Å²) < 4.78 is 38.9. The molecule has 0 aliphatic carbocycles. The van der Waals surface area contributed by atoms with Crippen molar-refractivity contribution >= 4 is 0 Å². The second-order valence-corrected chi connectivity index (χ2v) is 5.42. The van der Waals surface area contributed by atoms with E-state index in [1.165, 1.54) is 6.07 Å². The SMILES string of the molecule is CC(CCO)NC(c1ccncc1)c1cccc(C(F)(F)F)c1. The number of nitrogens with one attached hydrogen (secondary N) is 1. The predicted molar refractivity (Wildman–Crippen MR) is 81.8 cm³/mol. The van der Waals surface area contributed by atoms with Crippen LogP contribution in [0.2, 0.25) is 0 Å². The first-order valence-electron chi connectivity index (χ1n) is 7.36. The van der Waals surface area contributed by atoms with Crippen molar-refractivity contribution in [3.05, 3.63) is 65.5 Å². The number of benzene rings is 1. The summed E-state index contributed by atoms with van der Waals surface area (Å²) in [6.45, 7) is 1.90. The number of hydrogen-bond acceptors (Lipinski definition) is 3. The van der Waals surface area contributed by atoms with Crippen molar-refractivity contribution in [1.29, 1.82) is 0 Å². The van der Waals surface area contributed by atoms with Crippen LogP contribution in [0.25, 0.3) is 0 Å².